The highest BCUT2D eigenvalue weighted by Crippen LogP contribution is 2.43. The molecule has 4 heteroatoms. The summed E-state index contributed by atoms with van der Waals surface area (Å²) in [5, 5.41) is 3.25. The predicted molar refractivity (Wildman–Crippen MR) is 98.3 cm³/mol. The van der Waals surface area contributed by atoms with Crippen LogP contribution in [0.25, 0.3) is 0 Å². The van der Waals surface area contributed by atoms with E-state index in [4.69, 9.17) is 5.73 Å². The highest BCUT2D eigenvalue weighted by molar-refractivity contribution is 5.92. The number of nitrogens with one attached hydrogen (secondary N) is 1. The third kappa shape index (κ3) is 2.88. The van der Waals surface area contributed by atoms with Crippen LogP contribution in [0.5, 0.6) is 0 Å². The maximum absolute atomic E-state index is 6.13. The zero-order valence-electron chi connectivity index (χ0n) is 14.0. The van der Waals surface area contributed by atoms with E-state index in [1.54, 1.807) is 0 Å². The monoisotopic (exact) mass is 320 g/mol. The molecule has 0 radical (unpaired) electrons. The fraction of sp³-hybridized carbons (Fsp3) is 0.400. The first kappa shape index (κ1) is 15.2. The molecule has 0 amide bonds. The summed E-state index contributed by atoms with van der Waals surface area (Å²) in [7, 11) is 0. The van der Waals surface area contributed by atoms with Crippen LogP contribution in [0.3, 0.4) is 0 Å². The van der Waals surface area contributed by atoms with Gasteiger partial charge in [-0.1, -0.05) is 18.6 Å². The molecule has 24 heavy (non-hydrogen) atoms. The molecule has 1 fully saturated rings. The minimum atomic E-state index is 0.0749. The Morgan fingerprint density at radius 2 is 2.00 bits per heavy atom. The third-order valence-electron chi connectivity index (χ3n) is 5.44. The molecule has 0 atom stereocenters. The molecule has 124 valence electrons. The summed E-state index contributed by atoms with van der Waals surface area (Å²) in [4.78, 5) is 9.17. The van der Waals surface area contributed by atoms with Crippen LogP contribution in [0, 0.1) is 0 Å². The summed E-state index contributed by atoms with van der Waals surface area (Å²) in [5.74, 6) is 0.496. The van der Waals surface area contributed by atoms with Crippen molar-refractivity contribution in [3.8, 4) is 0 Å². The lowest BCUT2D eigenvalue weighted by Crippen LogP contribution is -2.39. The highest BCUT2D eigenvalue weighted by Gasteiger charge is 2.39. The van der Waals surface area contributed by atoms with Gasteiger partial charge in [0.1, 0.15) is 0 Å². The summed E-state index contributed by atoms with van der Waals surface area (Å²) < 4.78 is 0. The van der Waals surface area contributed by atoms with Crippen molar-refractivity contribution in [1.29, 1.82) is 0 Å². The van der Waals surface area contributed by atoms with Gasteiger partial charge in [0.15, 0.2) is 5.96 Å². The van der Waals surface area contributed by atoms with Crippen LogP contribution in [-0.2, 0) is 18.3 Å². The molecule has 3 N–H and O–H groups in total. The lowest BCUT2D eigenvalue weighted by molar-refractivity contribution is 0.246. The molecule has 1 aromatic carbocycles. The molecule has 0 bridgehead atoms. The van der Waals surface area contributed by atoms with Gasteiger partial charge in [0.25, 0.3) is 0 Å². The average molecular weight is 320 g/mol. The smallest absolute Gasteiger partial charge is 0.193 e. The summed E-state index contributed by atoms with van der Waals surface area (Å²) in [6.07, 6.45) is 9.01. The fourth-order valence-electron chi connectivity index (χ4n) is 3.85. The number of guanidine groups is 1. The van der Waals surface area contributed by atoms with Crippen LogP contribution >= 0.6 is 0 Å². The van der Waals surface area contributed by atoms with Gasteiger partial charge in [-0.2, -0.15) is 0 Å². The van der Waals surface area contributed by atoms with Gasteiger partial charge in [-0.15, -0.1) is 0 Å². The van der Waals surface area contributed by atoms with Crippen LogP contribution in [0.4, 0.5) is 5.69 Å². The van der Waals surface area contributed by atoms with Gasteiger partial charge in [-0.3, -0.25) is 9.98 Å². The molecule has 1 aromatic heterocycles. The number of nitrogens with zero attached hydrogens (tertiary/aromatic N) is 2. The van der Waals surface area contributed by atoms with E-state index in [1.807, 2.05) is 12.3 Å². The van der Waals surface area contributed by atoms with E-state index in [0.29, 0.717) is 12.5 Å². The molecule has 4 nitrogen and oxygen atoms in total. The molecule has 0 saturated heterocycles. The van der Waals surface area contributed by atoms with Gasteiger partial charge in [0, 0.05) is 23.0 Å². The maximum atomic E-state index is 6.13. The normalized spacial score (nSPS) is 18.8. The van der Waals surface area contributed by atoms with Gasteiger partial charge in [0.05, 0.1) is 6.54 Å². The predicted octanol–water partition coefficient (Wildman–Crippen LogP) is 3.42. The third-order valence-corrected chi connectivity index (χ3v) is 5.44. The largest absolute Gasteiger partial charge is 0.370 e. The van der Waals surface area contributed by atoms with Gasteiger partial charge in [-0.25, -0.2) is 0 Å². The van der Waals surface area contributed by atoms with Crippen LogP contribution in [0.15, 0.2) is 47.6 Å². The molecule has 1 saturated carbocycles. The topological polar surface area (TPSA) is 63.3 Å². The van der Waals surface area contributed by atoms with E-state index >= 15 is 0 Å². The van der Waals surface area contributed by atoms with E-state index in [9.17, 15) is 0 Å². The standard InChI is InChI=1S/C20H24N4/c21-19(24-17-9-8-15-5-3-6-16(15)13-17)23-14-20(10-4-11-20)18-7-1-2-12-22-18/h1-2,7-9,12-13H,3-6,10-11,14H2,(H3,21,23,24). The summed E-state index contributed by atoms with van der Waals surface area (Å²) in [6, 6.07) is 12.6. The Morgan fingerprint density at radius 1 is 1.12 bits per heavy atom. The van der Waals surface area contributed by atoms with E-state index < -0.39 is 0 Å². The second-order valence-corrected chi connectivity index (χ2v) is 7.01. The zero-order valence-corrected chi connectivity index (χ0v) is 14.0. The quantitative estimate of drug-likeness (QED) is 0.670. The summed E-state index contributed by atoms with van der Waals surface area (Å²) >= 11 is 0. The van der Waals surface area contributed by atoms with Crippen LogP contribution in [0.1, 0.15) is 42.5 Å². The van der Waals surface area contributed by atoms with Gasteiger partial charge in [0.2, 0.25) is 0 Å². The Morgan fingerprint density at radius 3 is 2.75 bits per heavy atom. The van der Waals surface area contributed by atoms with Crippen LogP contribution in [0.2, 0.25) is 0 Å². The molecule has 2 aliphatic carbocycles. The Labute approximate surface area is 143 Å². The minimum absolute atomic E-state index is 0.0749. The molecule has 1 heterocycles. The SMILES string of the molecule is NC(=NCC1(c2ccccn2)CCC1)Nc1ccc2c(c1)CCC2. The minimum Gasteiger partial charge on any atom is -0.370 e. The number of aryl methyl sites for hydroxylation is 2. The molecular weight excluding hydrogens is 296 g/mol. The molecule has 0 spiro atoms. The first-order valence-electron chi connectivity index (χ1n) is 8.85. The van der Waals surface area contributed by atoms with Crippen molar-refractivity contribution in [2.75, 3.05) is 11.9 Å². The van der Waals surface area contributed by atoms with Gasteiger partial charge < -0.3 is 11.1 Å². The maximum Gasteiger partial charge on any atom is 0.193 e. The molecule has 2 aromatic rings. The lowest BCUT2D eigenvalue weighted by Gasteiger charge is -2.40. The first-order valence-corrected chi connectivity index (χ1v) is 8.85. The molecule has 0 aliphatic heterocycles. The lowest BCUT2D eigenvalue weighted by atomic mass is 9.66. The van der Waals surface area contributed by atoms with Crippen molar-refractivity contribution < 1.29 is 0 Å². The van der Waals surface area contributed by atoms with E-state index in [0.717, 1.165) is 24.2 Å². The van der Waals surface area contributed by atoms with E-state index in [1.165, 1.54) is 36.8 Å². The number of aliphatic imine (C=N–C) groups is 1. The Balaban J connectivity index is 1.45. The second-order valence-electron chi connectivity index (χ2n) is 7.01. The van der Waals surface area contributed by atoms with E-state index in [2.05, 4.69) is 45.6 Å². The number of benzene rings is 1. The fourth-order valence-corrected chi connectivity index (χ4v) is 3.85. The number of hydrogen-bond donors (Lipinski definition) is 2. The summed E-state index contributed by atoms with van der Waals surface area (Å²) in [6.45, 7) is 0.702. The molecule has 0 unspecified atom stereocenters. The number of aromatic nitrogens is 1. The highest BCUT2D eigenvalue weighted by atomic mass is 15.1. The van der Waals surface area contributed by atoms with E-state index in [-0.39, 0.29) is 5.41 Å². The van der Waals surface area contributed by atoms with Crippen molar-refractivity contribution in [1.82, 2.24) is 4.98 Å². The number of pyridine rings is 1. The van der Waals surface area contributed by atoms with Crippen LogP contribution < -0.4 is 11.1 Å². The first-order chi connectivity index (χ1) is 11.8. The Kier molecular flexibility index (Phi) is 3.97. The molecular formula is C20H24N4. The van der Waals surface area contributed by atoms with Crippen molar-refractivity contribution in [3.63, 3.8) is 0 Å². The van der Waals surface area contributed by atoms with Gasteiger partial charge >= 0.3 is 0 Å². The Hall–Kier alpha value is -2.36. The van der Waals surface area contributed by atoms with Crippen molar-refractivity contribution in [2.24, 2.45) is 10.7 Å². The second kappa shape index (κ2) is 6.27. The van der Waals surface area contributed by atoms with Gasteiger partial charge in [-0.05, 0) is 67.5 Å². The molecule has 4 rings (SSSR count). The summed E-state index contributed by atoms with van der Waals surface area (Å²) in [5.41, 5.74) is 11.3. The average Bonchev–Trinajstić information content (AvgIpc) is 3.02. The zero-order chi connectivity index (χ0) is 16.4. The number of rotatable bonds is 4. The number of fused-ring (bicyclic) bond motifs is 1. The number of hydrogen-bond acceptors (Lipinski definition) is 2. The van der Waals surface area contributed by atoms with Crippen molar-refractivity contribution in [3.05, 3.63) is 59.4 Å². The molecule has 2 aliphatic rings. The number of anilines is 1. The Bertz CT molecular complexity index is 747. The van der Waals surface area contributed by atoms with Crippen LogP contribution in [-0.4, -0.2) is 17.5 Å². The van der Waals surface area contributed by atoms with Crippen molar-refractivity contribution in [2.45, 2.75) is 43.9 Å². The van der Waals surface area contributed by atoms with Crippen molar-refractivity contribution >= 4 is 11.6 Å². The number of nitrogens with two attached hydrogens (primary N) is 1.